The standard InChI is InChI=1S/C34H23NO/c1-3-9-24(10-4-1)25-15-18-29(19-16-25)35(28-11-5-2-6-12-28)30-20-17-26-22-32-31-13-7-8-14-33(31)36-34(32)23-27(26)21-30/h1-23H. The van der Waals surface area contributed by atoms with Crippen LogP contribution in [0.1, 0.15) is 0 Å². The zero-order valence-electron chi connectivity index (χ0n) is 19.6. The summed E-state index contributed by atoms with van der Waals surface area (Å²) in [5.74, 6) is 0. The van der Waals surface area contributed by atoms with Crippen molar-refractivity contribution in [1.29, 1.82) is 0 Å². The summed E-state index contributed by atoms with van der Waals surface area (Å²) in [4.78, 5) is 2.30. The Labute approximate surface area is 209 Å². The van der Waals surface area contributed by atoms with Gasteiger partial charge in [0, 0.05) is 27.8 Å². The molecular formula is C34H23NO. The largest absolute Gasteiger partial charge is 0.456 e. The monoisotopic (exact) mass is 461 g/mol. The molecule has 0 radical (unpaired) electrons. The first kappa shape index (κ1) is 20.5. The highest BCUT2D eigenvalue weighted by atomic mass is 16.3. The van der Waals surface area contributed by atoms with Crippen LogP contribution in [0.3, 0.4) is 0 Å². The second-order valence-electron chi connectivity index (χ2n) is 9.06. The Morgan fingerprint density at radius 1 is 0.389 bits per heavy atom. The summed E-state index contributed by atoms with van der Waals surface area (Å²) < 4.78 is 6.17. The minimum absolute atomic E-state index is 0.916. The number of fused-ring (bicyclic) bond motifs is 4. The molecule has 0 saturated heterocycles. The second-order valence-corrected chi connectivity index (χ2v) is 9.06. The molecule has 1 heterocycles. The molecule has 0 atom stereocenters. The topological polar surface area (TPSA) is 16.4 Å². The van der Waals surface area contributed by atoms with E-state index >= 15 is 0 Å². The van der Waals surface area contributed by atoms with Crippen LogP contribution in [0.5, 0.6) is 0 Å². The van der Waals surface area contributed by atoms with Crippen LogP contribution in [0.15, 0.2) is 144 Å². The van der Waals surface area contributed by atoms with Gasteiger partial charge >= 0.3 is 0 Å². The van der Waals surface area contributed by atoms with Gasteiger partial charge in [0.2, 0.25) is 0 Å². The lowest BCUT2D eigenvalue weighted by molar-refractivity contribution is 0.669. The molecule has 0 aliphatic carbocycles. The number of para-hydroxylation sites is 2. The highest BCUT2D eigenvalue weighted by molar-refractivity contribution is 6.10. The van der Waals surface area contributed by atoms with E-state index in [1.807, 2.05) is 18.2 Å². The van der Waals surface area contributed by atoms with E-state index in [0.717, 1.165) is 44.4 Å². The van der Waals surface area contributed by atoms with Crippen LogP contribution >= 0.6 is 0 Å². The Balaban J connectivity index is 1.36. The van der Waals surface area contributed by atoms with E-state index in [2.05, 4.69) is 126 Å². The van der Waals surface area contributed by atoms with Gasteiger partial charge in [0.15, 0.2) is 0 Å². The van der Waals surface area contributed by atoms with Crippen molar-refractivity contribution in [3.8, 4) is 11.1 Å². The molecule has 170 valence electrons. The van der Waals surface area contributed by atoms with Crippen molar-refractivity contribution in [3.63, 3.8) is 0 Å². The fraction of sp³-hybridized carbons (Fsp3) is 0. The predicted molar refractivity (Wildman–Crippen MR) is 151 cm³/mol. The highest BCUT2D eigenvalue weighted by Gasteiger charge is 2.14. The molecule has 36 heavy (non-hydrogen) atoms. The molecule has 0 spiro atoms. The lowest BCUT2D eigenvalue weighted by Gasteiger charge is -2.26. The van der Waals surface area contributed by atoms with Crippen molar-refractivity contribution in [2.75, 3.05) is 4.90 Å². The third-order valence-electron chi connectivity index (χ3n) is 6.82. The van der Waals surface area contributed by atoms with Crippen LogP contribution in [0.25, 0.3) is 43.8 Å². The summed E-state index contributed by atoms with van der Waals surface area (Å²) >= 11 is 0. The lowest BCUT2D eigenvalue weighted by atomic mass is 10.0. The number of hydrogen-bond acceptors (Lipinski definition) is 2. The summed E-state index contributed by atoms with van der Waals surface area (Å²) in [5.41, 5.74) is 7.61. The fourth-order valence-corrected chi connectivity index (χ4v) is 5.05. The van der Waals surface area contributed by atoms with Crippen molar-refractivity contribution < 1.29 is 4.42 Å². The highest BCUT2D eigenvalue weighted by Crippen LogP contribution is 2.38. The number of benzene rings is 6. The molecule has 0 saturated carbocycles. The number of anilines is 3. The quantitative estimate of drug-likeness (QED) is 0.259. The maximum Gasteiger partial charge on any atom is 0.136 e. The molecule has 0 aliphatic rings. The zero-order chi connectivity index (χ0) is 23.9. The lowest BCUT2D eigenvalue weighted by Crippen LogP contribution is -2.09. The molecule has 0 unspecified atom stereocenters. The number of nitrogens with zero attached hydrogens (tertiary/aromatic N) is 1. The van der Waals surface area contributed by atoms with Gasteiger partial charge in [-0.15, -0.1) is 0 Å². The fourth-order valence-electron chi connectivity index (χ4n) is 5.05. The average Bonchev–Trinajstić information content (AvgIpc) is 3.31. The molecule has 0 amide bonds. The van der Waals surface area contributed by atoms with E-state index in [1.54, 1.807) is 0 Å². The second kappa shape index (κ2) is 8.44. The van der Waals surface area contributed by atoms with Gasteiger partial charge in [-0.25, -0.2) is 0 Å². The molecule has 0 bridgehead atoms. The predicted octanol–water partition coefficient (Wildman–Crippen LogP) is 9.88. The Bertz CT molecular complexity index is 1820. The van der Waals surface area contributed by atoms with Crippen LogP contribution in [0, 0.1) is 0 Å². The van der Waals surface area contributed by atoms with Crippen molar-refractivity contribution in [1.82, 2.24) is 0 Å². The molecular weight excluding hydrogens is 438 g/mol. The van der Waals surface area contributed by atoms with Crippen molar-refractivity contribution in [2.24, 2.45) is 0 Å². The van der Waals surface area contributed by atoms with Crippen LogP contribution in [0.2, 0.25) is 0 Å². The maximum absolute atomic E-state index is 6.17. The normalized spacial score (nSPS) is 11.3. The molecule has 0 fully saturated rings. The molecule has 1 aromatic heterocycles. The molecule has 7 rings (SSSR count). The van der Waals surface area contributed by atoms with Gasteiger partial charge in [0.25, 0.3) is 0 Å². The van der Waals surface area contributed by atoms with Gasteiger partial charge in [-0.3, -0.25) is 0 Å². The van der Waals surface area contributed by atoms with Crippen molar-refractivity contribution in [2.45, 2.75) is 0 Å². The summed E-state index contributed by atoms with van der Waals surface area (Å²) in [7, 11) is 0. The Kier molecular flexibility index (Phi) is 4.82. The Morgan fingerprint density at radius 3 is 1.83 bits per heavy atom. The SMILES string of the molecule is c1ccc(-c2ccc(N(c3ccccc3)c3ccc4cc5c(cc4c3)oc3ccccc35)cc2)cc1. The first-order chi connectivity index (χ1) is 17.8. The zero-order valence-corrected chi connectivity index (χ0v) is 19.6. The first-order valence-electron chi connectivity index (χ1n) is 12.2. The van der Waals surface area contributed by atoms with Gasteiger partial charge < -0.3 is 9.32 Å². The average molecular weight is 462 g/mol. The van der Waals surface area contributed by atoms with Gasteiger partial charge in [-0.05, 0) is 76.5 Å². The maximum atomic E-state index is 6.17. The first-order valence-corrected chi connectivity index (χ1v) is 12.2. The van der Waals surface area contributed by atoms with E-state index in [1.165, 1.54) is 16.5 Å². The van der Waals surface area contributed by atoms with Gasteiger partial charge in [0.1, 0.15) is 11.2 Å². The van der Waals surface area contributed by atoms with Crippen LogP contribution in [-0.2, 0) is 0 Å². The smallest absolute Gasteiger partial charge is 0.136 e. The number of rotatable bonds is 4. The molecule has 2 nitrogen and oxygen atoms in total. The molecule has 7 aromatic rings. The van der Waals surface area contributed by atoms with E-state index in [9.17, 15) is 0 Å². The molecule has 2 heteroatoms. The minimum Gasteiger partial charge on any atom is -0.456 e. The van der Waals surface area contributed by atoms with Crippen LogP contribution in [0.4, 0.5) is 17.1 Å². The molecule has 0 N–H and O–H groups in total. The summed E-state index contributed by atoms with van der Waals surface area (Å²) in [6.07, 6.45) is 0. The minimum atomic E-state index is 0.916. The number of hydrogen-bond donors (Lipinski definition) is 0. The van der Waals surface area contributed by atoms with E-state index in [-0.39, 0.29) is 0 Å². The summed E-state index contributed by atoms with van der Waals surface area (Å²) in [6.45, 7) is 0. The van der Waals surface area contributed by atoms with Gasteiger partial charge in [-0.1, -0.05) is 84.9 Å². The summed E-state index contributed by atoms with van der Waals surface area (Å²) in [6, 6.07) is 49.1. The Morgan fingerprint density at radius 2 is 1.03 bits per heavy atom. The van der Waals surface area contributed by atoms with Gasteiger partial charge in [0.05, 0.1) is 0 Å². The van der Waals surface area contributed by atoms with Crippen LogP contribution in [-0.4, -0.2) is 0 Å². The van der Waals surface area contributed by atoms with Gasteiger partial charge in [-0.2, -0.15) is 0 Å². The number of furan rings is 1. The summed E-state index contributed by atoms with van der Waals surface area (Å²) in [5, 5.41) is 4.66. The third-order valence-corrected chi connectivity index (χ3v) is 6.82. The van der Waals surface area contributed by atoms with Crippen molar-refractivity contribution in [3.05, 3.63) is 140 Å². The Hall–Kier alpha value is -4.82. The third kappa shape index (κ3) is 3.52. The van der Waals surface area contributed by atoms with E-state index in [4.69, 9.17) is 4.42 Å². The van der Waals surface area contributed by atoms with Crippen LogP contribution < -0.4 is 4.90 Å². The van der Waals surface area contributed by atoms with E-state index < -0.39 is 0 Å². The molecule has 6 aromatic carbocycles. The molecule has 0 aliphatic heterocycles. The van der Waals surface area contributed by atoms with E-state index in [0.29, 0.717) is 0 Å². The van der Waals surface area contributed by atoms with Crippen molar-refractivity contribution >= 4 is 49.8 Å².